The quantitative estimate of drug-likeness (QED) is 0.763. The number of aromatic nitrogens is 2. The largest absolute Gasteiger partial charge is 0.349 e. The van der Waals surface area contributed by atoms with Crippen LogP contribution in [0.25, 0.3) is 11.0 Å². The molecule has 0 bridgehead atoms. The molecule has 2 heterocycles. The summed E-state index contributed by atoms with van der Waals surface area (Å²) < 4.78 is 0. The molecule has 1 saturated heterocycles. The van der Waals surface area contributed by atoms with Crippen LogP contribution in [0.15, 0.2) is 24.5 Å². The second-order valence-electron chi connectivity index (χ2n) is 5.18. The van der Waals surface area contributed by atoms with Crippen molar-refractivity contribution in [1.82, 2.24) is 20.6 Å². The number of imidazole rings is 1. The molecular weight excluding hydrogens is 240 g/mol. The second-order valence-corrected chi connectivity index (χ2v) is 5.18. The van der Waals surface area contributed by atoms with E-state index in [2.05, 4.69) is 27.5 Å². The lowest BCUT2D eigenvalue weighted by Gasteiger charge is -2.28. The SMILES string of the molecule is CC1CC(NC(=O)c2ccc3nc[nH]c3c2)CCN1. The minimum Gasteiger partial charge on any atom is -0.349 e. The molecule has 3 rings (SSSR count). The van der Waals surface area contributed by atoms with E-state index in [9.17, 15) is 4.79 Å². The molecule has 2 unspecified atom stereocenters. The van der Waals surface area contributed by atoms with Crippen molar-refractivity contribution in [3.8, 4) is 0 Å². The molecule has 5 nitrogen and oxygen atoms in total. The van der Waals surface area contributed by atoms with Crippen LogP contribution in [0, 0.1) is 0 Å². The van der Waals surface area contributed by atoms with Crippen LogP contribution in [0.5, 0.6) is 0 Å². The molecule has 1 fully saturated rings. The number of hydrogen-bond acceptors (Lipinski definition) is 3. The Bertz CT molecular complexity index is 592. The van der Waals surface area contributed by atoms with E-state index in [-0.39, 0.29) is 11.9 Å². The van der Waals surface area contributed by atoms with Crippen LogP contribution in [0.2, 0.25) is 0 Å². The van der Waals surface area contributed by atoms with Crippen molar-refractivity contribution in [2.75, 3.05) is 6.54 Å². The highest BCUT2D eigenvalue weighted by Gasteiger charge is 2.20. The predicted octanol–water partition coefficient (Wildman–Crippen LogP) is 1.43. The molecule has 1 aromatic carbocycles. The Balaban J connectivity index is 1.72. The molecule has 2 atom stereocenters. The summed E-state index contributed by atoms with van der Waals surface area (Å²) in [7, 11) is 0. The molecule has 0 aliphatic carbocycles. The van der Waals surface area contributed by atoms with Gasteiger partial charge in [0, 0.05) is 17.6 Å². The van der Waals surface area contributed by atoms with Crippen LogP contribution in [0.3, 0.4) is 0 Å². The zero-order valence-corrected chi connectivity index (χ0v) is 10.9. The summed E-state index contributed by atoms with van der Waals surface area (Å²) in [6.07, 6.45) is 3.61. The van der Waals surface area contributed by atoms with Crippen molar-refractivity contribution in [3.05, 3.63) is 30.1 Å². The van der Waals surface area contributed by atoms with E-state index in [0.29, 0.717) is 11.6 Å². The van der Waals surface area contributed by atoms with Crippen LogP contribution in [0.4, 0.5) is 0 Å². The first-order valence-corrected chi connectivity index (χ1v) is 6.70. The third-order valence-corrected chi connectivity index (χ3v) is 3.64. The van der Waals surface area contributed by atoms with Gasteiger partial charge in [-0.1, -0.05) is 0 Å². The third kappa shape index (κ3) is 2.61. The van der Waals surface area contributed by atoms with Crippen molar-refractivity contribution in [2.24, 2.45) is 0 Å². The Labute approximate surface area is 111 Å². The Morgan fingerprint density at radius 3 is 3.21 bits per heavy atom. The number of piperidine rings is 1. The molecule has 1 aliphatic heterocycles. The number of nitrogens with zero attached hydrogens (tertiary/aromatic N) is 1. The number of benzene rings is 1. The monoisotopic (exact) mass is 258 g/mol. The number of H-pyrrole nitrogens is 1. The van der Waals surface area contributed by atoms with E-state index in [1.807, 2.05) is 18.2 Å². The molecule has 5 heteroatoms. The van der Waals surface area contributed by atoms with Gasteiger partial charge in [0.15, 0.2) is 0 Å². The van der Waals surface area contributed by atoms with Crippen molar-refractivity contribution in [3.63, 3.8) is 0 Å². The average Bonchev–Trinajstić information content (AvgIpc) is 2.85. The number of amides is 1. The Morgan fingerprint density at radius 1 is 1.47 bits per heavy atom. The van der Waals surface area contributed by atoms with Gasteiger partial charge in [0.05, 0.1) is 17.4 Å². The van der Waals surface area contributed by atoms with Gasteiger partial charge in [0.1, 0.15) is 0 Å². The summed E-state index contributed by atoms with van der Waals surface area (Å²) in [5, 5.41) is 6.49. The van der Waals surface area contributed by atoms with Gasteiger partial charge in [-0.25, -0.2) is 4.98 Å². The number of aromatic amines is 1. The maximum absolute atomic E-state index is 12.2. The van der Waals surface area contributed by atoms with Gasteiger partial charge in [0.25, 0.3) is 5.91 Å². The van der Waals surface area contributed by atoms with Crippen LogP contribution >= 0.6 is 0 Å². The van der Waals surface area contributed by atoms with E-state index in [0.717, 1.165) is 30.4 Å². The van der Waals surface area contributed by atoms with E-state index in [1.165, 1.54) is 0 Å². The van der Waals surface area contributed by atoms with Gasteiger partial charge in [-0.05, 0) is 44.5 Å². The van der Waals surface area contributed by atoms with Gasteiger partial charge >= 0.3 is 0 Å². The molecule has 1 aliphatic rings. The predicted molar refractivity (Wildman–Crippen MR) is 74.0 cm³/mol. The highest BCUT2D eigenvalue weighted by atomic mass is 16.1. The molecular formula is C14H18N4O. The summed E-state index contributed by atoms with van der Waals surface area (Å²) in [5.74, 6) is -0.00407. The lowest BCUT2D eigenvalue weighted by Crippen LogP contribution is -2.46. The summed E-state index contributed by atoms with van der Waals surface area (Å²) in [6, 6.07) is 6.27. The van der Waals surface area contributed by atoms with E-state index < -0.39 is 0 Å². The summed E-state index contributed by atoms with van der Waals surface area (Å²) >= 11 is 0. The van der Waals surface area contributed by atoms with E-state index in [1.54, 1.807) is 6.33 Å². The smallest absolute Gasteiger partial charge is 0.251 e. The fourth-order valence-electron chi connectivity index (χ4n) is 2.61. The molecule has 1 aromatic heterocycles. The Hall–Kier alpha value is -1.88. The molecule has 3 N–H and O–H groups in total. The lowest BCUT2D eigenvalue weighted by molar-refractivity contribution is 0.0926. The van der Waals surface area contributed by atoms with Gasteiger partial charge in [-0.2, -0.15) is 0 Å². The zero-order chi connectivity index (χ0) is 13.2. The number of fused-ring (bicyclic) bond motifs is 1. The number of nitrogens with one attached hydrogen (secondary N) is 3. The van der Waals surface area contributed by atoms with E-state index >= 15 is 0 Å². The topological polar surface area (TPSA) is 69.8 Å². The minimum atomic E-state index is -0.00407. The molecule has 0 spiro atoms. The van der Waals surface area contributed by atoms with Gasteiger partial charge in [0.2, 0.25) is 0 Å². The molecule has 0 radical (unpaired) electrons. The summed E-state index contributed by atoms with van der Waals surface area (Å²) in [4.78, 5) is 19.4. The average molecular weight is 258 g/mol. The van der Waals surface area contributed by atoms with Gasteiger partial charge in [-0.3, -0.25) is 4.79 Å². The number of carbonyl (C=O) groups is 1. The Kier molecular flexibility index (Phi) is 3.21. The fraction of sp³-hybridized carbons (Fsp3) is 0.429. The van der Waals surface area contributed by atoms with Crippen LogP contribution < -0.4 is 10.6 Å². The normalized spacial score (nSPS) is 23.4. The minimum absolute atomic E-state index is 0.00407. The van der Waals surface area contributed by atoms with Gasteiger partial charge < -0.3 is 15.6 Å². The maximum atomic E-state index is 12.2. The molecule has 0 saturated carbocycles. The lowest BCUT2D eigenvalue weighted by atomic mass is 10.0. The number of carbonyl (C=O) groups excluding carboxylic acids is 1. The van der Waals surface area contributed by atoms with Crippen molar-refractivity contribution in [1.29, 1.82) is 0 Å². The highest BCUT2D eigenvalue weighted by molar-refractivity contribution is 5.97. The van der Waals surface area contributed by atoms with Crippen LogP contribution in [0.1, 0.15) is 30.1 Å². The third-order valence-electron chi connectivity index (χ3n) is 3.64. The zero-order valence-electron chi connectivity index (χ0n) is 10.9. The highest BCUT2D eigenvalue weighted by Crippen LogP contribution is 2.13. The standard InChI is InChI=1S/C14H18N4O/c1-9-6-11(4-5-15-9)18-14(19)10-2-3-12-13(7-10)17-8-16-12/h2-3,7-9,11,15H,4-6H2,1H3,(H,16,17)(H,18,19). The van der Waals surface area contributed by atoms with Crippen molar-refractivity contribution < 1.29 is 4.79 Å². The van der Waals surface area contributed by atoms with Crippen molar-refractivity contribution in [2.45, 2.75) is 31.8 Å². The summed E-state index contributed by atoms with van der Waals surface area (Å²) in [5.41, 5.74) is 2.46. The first kappa shape index (κ1) is 12.2. The maximum Gasteiger partial charge on any atom is 0.251 e. The number of hydrogen-bond donors (Lipinski definition) is 3. The first-order chi connectivity index (χ1) is 9.22. The second kappa shape index (κ2) is 5.01. The van der Waals surface area contributed by atoms with Gasteiger partial charge in [-0.15, -0.1) is 0 Å². The Morgan fingerprint density at radius 2 is 2.37 bits per heavy atom. The first-order valence-electron chi connectivity index (χ1n) is 6.70. The molecule has 100 valence electrons. The van der Waals surface area contributed by atoms with Crippen molar-refractivity contribution >= 4 is 16.9 Å². The van der Waals surface area contributed by atoms with E-state index in [4.69, 9.17) is 0 Å². The van der Waals surface area contributed by atoms with Crippen LogP contribution in [-0.2, 0) is 0 Å². The molecule has 2 aromatic rings. The summed E-state index contributed by atoms with van der Waals surface area (Å²) in [6.45, 7) is 3.11. The molecule has 19 heavy (non-hydrogen) atoms. The van der Waals surface area contributed by atoms with Crippen LogP contribution in [-0.4, -0.2) is 34.5 Å². The number of rotatable bonds is 2. The molecule has 1 amide bonds. The fourth-order valence-corrected chi connectivity index (χ4v) is 2.61.